The zero-order valence-electron chi connectivity index (χ0n) is 11.3. The Morgan fingerprint density at radius 1 is 1.40 bits per heavy atom. The quantitative estimate of drug-likeness (QED) is 0.940. The lowest BCUT2D eigenvalue weighted by molar-refractivity contribution is 0.0939. The minimum absolute atomic E-state index is 0.158. The van der Waals surface area contributed by atoms with Crippen LogP contribution in [-0.2, 0) is 0 Å². The molecule has 2 aromatic rings. The van der Waals surface area contributed by atoms with E-state index in [-0.39, 0.29) is 11.9 Å². The lowest BCUT2D eigenvalue weighted by atomic mass is 10.1. The summed E-state index contributed by atoms with van der Waals surface area (Å²) in [5.41, 5.74) is 1.32. The number of hydrogen-bond donors (Lipinski definition) is 1. The van der Waals surface area contributed by atoms with E-state index in [1.807, 2.05) is 31.2 Å². The van der Waals surface area contributed by atoms with Gasteiger partial charge in [-0.2, -0.15) is 0 Å². The third-order valence-electron chi connectivity index (χ3n) is 2.95. The van der Waals surface area contributed by atoms with Crippen LogP contribution in [0.15, 0.2) is 42.7 Å². The van der Waals surface area contributed by atoms with E-state index >= 15 is 0 Å². The predicted octanol–water partition coefficient (Wildman–Crippen LogP) is 3.23. The van der Waals surface area contributed by atoms with Crippen molar-refractivity contribution in [3.05, 3.63) is 58.9 Å². The van der Waals surface area contributed by atoms with Crippen LogP contribution in [0.5, 0.6) is 5.75 Å². The maximum atomic E-state index is 12.1. The predicted molar refractivity (Wildman–Crippen MR) is 78.1 cm³/mol. The molecule has 1 atom stereocenters. The molecule has 1 unspecified atom stereocenters. The van der Waals surface area contributed by atoms with Crippen molar-refractivity contribution >= 4 is 17.5 Å². The summed E-state index contributed by atoms with van der Waals surface area (Å²) < 4.78 is 5.17. The summed E-state index contributed by atoms with van der Waals surface area (Å²) in [4.78, 5) is 16.0. The largest absolute Gasteiger partial charge is 0.497 e. The molecule has 0 radical (unpaired) electrons. The molecule has 5 heteroatoms. The average Bonchev–Trinajstić information content (AvgIpc) is 2.47. The second-order valence-corrected chi connectivity index (χ2v) is 4.73. The number of aromatic nitrogens is 1. The van der Waals surface area contributed by atoms with Gasteiger partial charge in [-0.05, 0) is 30.7 Å². The number of amides is 1. The third-order valence-corrected chi connectivity index (χ3v) is 3.28. The number of nitrogens with one attached hydrogen (secondary N) is 1. The van der Waals surface area contributed by atoms with Crippen molar-refractivity contribution in [3.8, 4) is 5.75 Å². The highest BCUT2D eigenvalue weighted by atomic mass is 35.5. The highest BCUT2D eigenvalue weighted by Gasteiger charge is 2.14. The molecule has 1 aromatic heterocycles. The van der Waals surface area contributed by atoms with E-state index in [1.165, 1.54) is 6.20 Å². The molecule has 0 aliphatic heterocycles. The molecule has 0 bridgehead atoms. The second kappa shape index (κ2) is 6.39. The number of hydrogen-bond acceptors (Lipinski definition) is 3. The molecule has 20 heavy (non-hydrogen) atoms. The van der Waals surface area contributed by atoms with Gasteiger partial charge in [0.2, 0.25) is 0 Å². The van der Waals surface area contributed by atoms with Crippen molar-refractivity contribution < 1.29 is 9.53 Å². The fourth-order valence-electron chi connectivity index (χ4n) is 1.81. The van der Waals surface area contributed by atoms with Gasteiger partial charge in [-0.3, -0.25) is 9.78 Å². The Balaban J connectivity index is 2.13. The Labute approximate surface area is 122 Å². The van der Waals surface area contributed by atoms with E-state index in [4.69, 9.17) is 16.3 Å². The number of pyridine rings is 1. The first kappa shape index (κ1) is 14.3. The molecule has 1 aromatic carbocycles. The first-order chi connectivity index (χ1) is 9.61. The first-order valence-corrected chi connectivity index (χ1v) is 6.54. The Morgan fingerprint density at radius 3 is 2.90 bits per heavy atom. The normalized spacial score (nSPS) is 11.8. The van der Waals surface area contributed by atoms with Gasteiger partial charge < -0.3 is 10.1 Å². The zero-order valence-corrected chi connectivity index (χ0v) is 12.0. The number of carbonyl (C=O) groups is 1. The topological polar surface area (TPSA) is 51.2 Å². The number of benzene rings is 1. The van der Waals surface area contributed by atoms with Gasteiger partial charge in [0.15, 0.2) is 0 Å². The average molecular weight is 291 g/mol. The highest BCUT2D eigenvalue weighted by Crippen LogP contribution is 2.20. The number of halogens is 1. The maximum Gasteiger partial charge on any atom is 0.254 e. The number of carbonyl (C=O) groups excluding carboxylic acids is 1. The first-order valence-electron chi connectivity index (χ1n) is 6.16. The van der Waals surface area contributed by atoms with E-state index in [0.29, 0.717) is 10.6 Å². The zero-order chi connectivity index (χ0) is 14.5. The minimum atomic E-state index is -0.251. The number of ether oxygens (including phenoxy) is 1. The van der Waals surface area contributed by atoms with Crippen LogP contribution in [0.1, 0.15) is 28.9 Å². The van der Waals surface area contributed by atoms with Gasteiger partial charge in [-0.1, -0.05) is 23.7 Å². The van der Waals surface area contributed by atoms with E-state index in [1.54, 1.807) is 19.4 Å². The third kappa shape index (κ3) is 3.27. The standard InChI is InChI=1S/C15H15ClN2O2/c1-10(11-4-3-5-12(8-11)20-2)18-15(19)13-9-17-7-6-14(13)16/h3-10H,1-2H3,(H,18,19). The molecule has 4 nitrogen and oxygen atoms in total. The van der Waals surface area contributed by atoms with Crippen molar-refractivity contribution in [2.75, 3.05) is 7.11 Å². The van der Waals surface area contributed by atoms with Gasteiger partial charge in [-0.15, -0.1) is 0 Å². The maximum absolute atomic E-state index is 12.1. The summed E-state index contributed by atoms with van der Waals surface area (Å²) in [7, 11) is 1.61. The molecule has 1 amide bonds. The molecule has 2 rings (SSSR count). The molecule has 104 valence electrons. The van der Waals surface area contributed by atoms with Crippen LogP contribution in [-0.4, -0.2) is 18.0 Å². The summed E-state index contributed by atoms with van der Waals surface area (Å²) in [6, 6.07) is 8.99. The van der Waals surface area contributed by atoms with Crippen molar-refractivity contribution in [1.29, 1.82) is 0 Å². The molecule has 0 aliphatic carbocycles. The van der Waals surface area contributed by atoms with Crippen LogP contribution in [0.25, 0.3) is 0 Å². The molecule has 1 heterocycles. The van der Waals surface area contributed by atoms with E-state index < -0.39 is 0 Å². The highest BCUT2D eigenvalue weighted by molar-refractivity contribution is 6.33. The van der Waals surface area contributed by atoms with Crippen LogP contribution < -0.4 is 10.1 Å². The molecular formula is C15H15ClN2O2. The molecule has 0 fully saturated rings. The Bertz CT molecular complexity index is 616. The van der Waals surface area contributed by atoms with Crippen molar-refractivity contribution in [2.45, 2.75) is 13.0 Å². The van der Waals surface area contributed by atoms with Crippen LogP contribution in [0.2, 0.25) is 5.02 Å². The fraction of sp³-hybridized carbons (Fsp3) is 0.200. The molecule has 0 saturated carbocycles. The van der Waals surface area contributed by atoms with Gasteiger partial charge in [0.05, 0.1) is 23.7 Å². The summed E-state index contributed by atoms with van der Waals surface area (Å²) in [6.45, 7) is 1.90. The van der Waals surface area contributed by atoms with Gasteiger partial charge in [0.1, 0.15) is 5.75 Å². The summed E-state index contributed by atoms with van der Waals surface area (Å²) in [5, 5.41) is 3.27. The van der Waals surface area contributed by atoms with Gasteiger partial charge in [0, 0.05) is 12.4 Å². The Morgan fingerprint density at radius 2 is 2.20 bits per heavy atom. The number of methoxy groups -OCH3 is 1. The van der Waals surface area contributed by atoms with Gasteiger partial charge in [-0.25, -0.2) is 0 Å². The number of rotatable bonds is 4. The van der Waals surface area contributed by atoms with Crippen LogP contribution in [0.4, 0.5) is 0 Å². The van der Waals surface area contributed by atoms with Crippen LogP contribution in [0.3, 0.4) is 0 Å². The molecule has 0 aliphatic rings. The fourth-order valence-corrected chi connectivity index (χ4v) is 2.00. The van der Waals surface area contributed by atoms with Crippen molar-refractivity contribution in [3.63, 3.8) is 0 Å². The van der Waals surface area contributed by atoms with E-state index in [2.05, 4.69) is 10.3 Å². The molecule has 0 spiro atoms. The minimum Gasteiger partial charge on any atom is -0.497 e. The van der Waals surface area contributed by atoms with Gasteiger partial charge in [0.25, 0.3) is 5.91 Å². The van der Waals surface area contributed by atoms with E-state index in [9.17, 15) is 4.79 Å². The Kier molecular flexibility index (Phi) is 4.58. The lowest BCUT2D eigenvalue weighted by Gasteiger charge is -2.15. The smallest absolute Gasteiger partial charge is 0.254 e. The second-order valence-electron chi connectivity index (χ2n) is 4.33. The monoisotopic (exact) mass is 290 g/mol. The van der Waals surface area contributed by atoms with E-state index in [0.717, 1.165) is 11.3 Å². The summed E-state index contributed by atoms with van der Waals surface area (Å²) in [5.74, 6) is 0.501. The Hall–Kier alpha value is -2.07. The summed E-state index contributed by atoms with van der Waals surface area (Å²) in [6.07, 6.45) is 3.00. The molecular weight excluding hydrogens is 276 g/mol. The molecule has 0 saturated heterocycles. The van der Waals surface area contributed by atoms with Crippen LogP contribution in [0, 0.1) is 0 Å². The summed E-state index contributed by atoms with van der Waals surface area (Å²) >= 11 is 5.98. The van der Waals surface area contributed by atoms with Crippen molar-refractivity contribution in [1.82, 2.24) is 10.3 Å². The van der Waals surface area contributed by atoms with Crippen LogP contribution >= 0.6 is 11.6 Å². The van der Waals surface area contributed by atoms with Gasteiger partial charge >= 0.3 is 0 Å². The SMILES string of the molecule is COc1cccc(C(C)NC(=O)c2cnccc2Cl)c1. The molecule has 1 N–H and O–H groups in total. The lowest BCUT2D eigenvalue weighted by Crippen LogP contribution is -2.27. The number of nitrogens with zero attached hydrogens (tertiary/aromatic N) is 1. The van der Waals surface area contributed by atoms with Crippen molar-refractivity contribution in [2.24, 2.45) is 0 Å².